The number of hydrogen-bond acceptors (Lipinski definition) is 6. The molecule has 0 aromatic carbocycles. The summed E-state index contributed by atoms with van der Waals surface area (Å²) < 4.78 is 5.17. The highest BCUT2D eigenvalue weighted by molar-refractivity contribution is 5.87. The minimum Gasteiger partial charge on any atom is -0.346 e. The fourth-order valence-corrected chi connectivity index (χ4v) is 1.66. The first-order chi connectivity index (χ1) is 10.5. The Morgan fingerprint density at radius 3 is 2.29 bits per heavy atom. The van der Waals surface area contributed by atoms with Crippen molar-refractivity contribution in [2.24, 2.45) is 11.7 Å². The molecule has 8 nitrogen and oxygen atoms in total. The van der Waals surface area contributed by atoms with E-state index in [0.29, 0.717) is 11.7 Å². The average Bonchev–Trinajstić information content (AvgIpc) is 2.93. The number of nitrogens with zero attached hydrogens (tertiary/aromatic N) is 2. The van der Waals surface area contributed by atoms with Crippen molar-refractivity contribution in [2.75, 3.05) is 6.54 Å². The third-order valence-electron chi connectivity index (χ3n) is 3.30. The topological polar surface area (TPSA) is 123 Å². The second-order valence-corrected chi connectivity index (χ2v) is 6.98. The molecule has 1 aromatic rings. The van der Waals surface area contributed by atoms with Gasteiger partial charge in [-0.15, -0.1) is 12.4 Å². The number of halogens is 1. The monoisotopic (exact) mass is 361 g/mol. The minimum atomic E-state index is -0.634. The molecular weight excluding hydrogens is 334 g/mol. The van der Waals surface area contributed by atoms with E-state index in [9.17, 15) is 9.59 Å². The van der Waals surface area contributed by atoms with E-state index in [1.807, 2.05) is 34.6 Å². The van der Waals surface area contributed by atoms with Crippen LogP contribution < -0.4 is 16.4 Å². The maximum absolute atomic E-state index is 11.9. The largest absolute Gasteiger partial charge is 0.346 e. The van der Waals surface area contributed by atoms with Gasteiger partial charge in [-0.05, 0) is 12.8 Å². The molecule has 138 valence electrons. The molecule has 9 heteroatoms. The zero-order valence-electron chi connectivity index (χ0n) is 15.0. The molecule has 4 N–H and O–H groups in total. The van der Waals surface area contributed by atoms with E-state index in [4.69, 9.17) is 10.3 Å². The summed E-state index contributed by atoms with van der Waals surface area (Å²) in [4.78, 5) is 27.9. The maximum atomic E-state index is 11.9. The standard InChI is InChI=1S/C15H27N5O3.ClH/c1-8(2)11(16)12(22)17-7-10(21)18-9(3)13-19-14(20-23-13)15(4,5)6;/h8-9,11H,7,16H2,1-6H3,(H,17,22)(H,18,21);1H/t9?,11-;/m0./s1. The minimum absolute atomic E-state index is 0. The van der Waals surface area contributed by atoms with Gasteiger partial charge in [0.05, 0.1) is 12.6 Å². The second kappa shape index (κ2) is 8.98. The molecule has 2 amide bonds. The quantitative estimate of drug-likeness (QED) is 0.696. The Morgan fingerprint density at radius 2 is 1.83 bits per heavy atom. The highest BCUT2D eigenvalue weighted by atomic mass is 35.5. The Kier molecular flexibility index (Phi) is 8.36. The molecule has 1 aromatic heterocycles. The smallest absolute Gasteiger partial charge is 0.248 e. The second-order valence-electron chi connectivity index (χ2n) is 6.98. The molecule has 2 atom stereocenters. The molecule has 0 radical (unpaired) electrons. The highest BCUT2D eigenvalue weighted by Crippen LogP contribution is 2.20. The Labute approximate surface area is 148 Å². The van der Waals surface area contributed by atoms with Gasteiger partial charge in [-0.3, -0.25) is 9.59 Å². The Bertz CT molecular complexity index is 554. The average molecular weight is 362 g/mol. The van der Waals surface area contributed by atoms with E-state index in [0.717, 1.165) is 0 Å². The third kappa shape index (κ3) is 6.45. The molecular formula is C15H28ClN5O3. The number of hydrogen-bond donors (Lipinski definition) is 3. The summed E-state index contributed by atoms with van der Waals surface area (Å²) in [5.41, 5.74) is 5.48. The third-order valence-corrected chi connectivity index (χ3v) is 3.30. The molecule has 1 unspecified atom stereocenters. The predicted octanol–water partition coefficient (Wildman–Crippen LogP) is 1.07. The van der Waals surface area contributed by atoms with Crippen molar-refractivity contribution in [3.63, 3.8) is 0 Å². The zero-order chi connectivity index (χ0) is 17.8. The van der Waals surface area contributed by atoms with Crippen LogP contribution in [0.2, 0.25) is 0 Å². The predicted molar refractivity (Wildman–Crippen MR) is 92.6 cm³/mol. The first-order valence-electron chi connectivity index (χ1n) is 7.69. The van der Waals surface area contributed by atoms with Crippen molar-refractivity contribution in [3.05, 3.63) is 11.7 Å². The summed E-state index contributed by atoms with van der Waals surface area (Å²) in [5.74, 6) is 0.206. The molecule has 0 aliphatic heterocycles. The lowest BCUT2D eigenvalue weighted by Gasteiger charge is -2.16. The molecule has 0 spiro atoms. The van der Waals surface area contributed by atoms with Gasteiger partial charge in [-0.1, -0.05) is 39.8 Å². The molecule has 0 bridgehead atoms. The molecule has 0 aliphatic rings. The lowest BCUT2D eigenvalue weighted by atomic mass is 9.96. The summed E-state index contributed by atoms with van der Waals surface area (Å²) in [6.45, 7) is 11.2. The maximum Gasteiger partial charge on any atom is 0.248 e. The van der Waals surface area contributed by atoms with E-state index < -0.39 is 12.1 Å². The zero-order valence-corrected chi connectivity index (χ0v) is 15.9. The molecule has 0 saturated heterocycles. The molecule has 0 fully saturated rings. The number of carbonyl (C=O) groups excluding carboxylic acids is 2. The van der Waals surface area contributed by atoms with Crippen LogP contribution >= 0.6 is 12.4 Å². The van der Waals surface area contributed by atoms with Gasteiger partial charge in [0.15, 0.2) is 5.82 Å². The van der Waals surface area contributed by atoms with Gasteiger partial charge >= 0.3 is 0 Å². The van der Waals surface area contributed by atoms with E-state index in [2.05, 4.69) is 20.8 Å². The van der Waals surface area contributed by atoms with Crippen molar-refractivity contribution in [2.45, 2.75) is 59.0 Å². The van der Waals surface area contributed by atoms with Crippen LogP contribution in [0.1, 0.15) is 59.3 Å². The lowest BCUT2D eigenvalue weighted by molar-refractivity contribution is -0.127. The number of carbonyl (C=O) groups is 2. The van der Waals surface area contributed by atoms with Gasteiger partial charge in [-0.2, -0.15) is 4.98 Å². The van der Waals surface area contributed by atoms with Crippen LogP contribution in [0.5, 0.6) is 0 Å². The molecule has 0 saturated carbocycles. The van der Waals surface area contributed by atoms with Crippen LogP contribution in [0, 0.1) is 5.92 Å². The van der Waals surface area contributed by atoms with E-state index >= 15 is 0 Å². The van der Waals surface area contributed by atoms with Gasteiger partial charge in [0.2, 0.25) is 17.7 Å². The SMILES string of the molecule is CC(NC(=O)CNC(=O)[C@@H](N)C(C)C)c1nc(C(C)(C)C)no1.Cl. The first-order valence-corrected chi connectivity index (χ1v) is 7.69. The summed E-state index contributed by atoms with van der Waals surface area (Å²) in [7, 11) is 0. The van der Waals surface area contributed by atoms with Gasteiger partial charge in [0.25, 0.3) is 0 Å². The molecule has 1 rings (SSSR count). The van der Waals surface area contributed by atoms with Crippen molar-refractivity contribution >= 4 is 24.2 Å². The summed E-state index contributed by atoms with van der Waals surface area (Å²) >= 11 is 0. The normalized spacial score (nSPS) is 13.8. The Balaban J connectivity index is 0.00000529. The molecule has 0 aliphatic carbocycles. The highest BCUT2D eigenvalue weighted by Gasteiger charge is 2.24. The lowest BCUT2D eigenvalue weighted by Crippen LogP contribution is -2.47. The van der Waals surface area contributed by atoms with E-state index in [-0.39, 0.29) is 42.1 Å². The fourth-order valence-electron chi connectivity index (χ4n) is 1.66. The molecule has 24 heavy (non-hydrogen) atoms. The summed E-state index contributed by atoms with van der Waals surface area (Å²) in [5, 5.41) is 9.11. The van der Waals surface area contributed by atoms with Crippen molar-refractivity contribution in [1.29, 1.82) is 0 Å². The molecule has 1 heterocycles. The van der Waals surface area contributed by atoms with Gasteiger partial charge in [0, 0.05) is 5.41 Å². The van der Waals surface area contributed by atoms with Crippen LogP contribution in [0.25, 0.3) is 0 Å². The van der Waals surface area contributed by atoms with E-state index in [1.54, 1.807) is 6.92 Å². The number of nitrogens with one attached hydrogen (secondary N) is 2. The van der Waals surface area contributed by atoms with E-state index in [1.165, 1.54) is 0 Å². The number of aromatic nitrogens is 2. The number of nitrogens with two attached hydrogens (primary N) is 1. The fraction of sp³-hybridized carbons (Fsp3) is 0.733. The van der Waals surface area contributed by atoms with Crippen molar-refractivity contribution in [1.82, 2.24) is 20.8 Å². The van der Waals surface area contributed by atoms with Gasteiger partial charge in [-0.25, -0.2) is 0 Å². The Morgan fingerprint density at radius 1 is 1.25 bits per heavy atom. The summed E-state index contributed by atoms with van der Waals surface area (Å²) in [6, 6.07) is -1.08. The van der Waals surface area contributed by atoms with Crippen LogP contribution in [-0.2, 0) is 15.0 Å². The van der Waals surface area contributed by atoms with Crippen molar-refractivity contribution < 1.29 is 14.1 Å². The van der Waals surface area contributed by atoms with Crippen LogP contribution in [0.15, 0.2) is 4.52 Å². The van der Waals surface area contributed by atoms with Crippen LogP contribution in [0.4, 0.5) is 0 Å². The number of rotatable bonds is 6. The Hall–Kier alpha value is -1.67. The number of amides is 2. The van der Waals surface area contributed by atoms with Crippen molar-refractivity contribution in [3.8, 4) is 0 Å². The van der Waals surface area contributed by atoms with Gasteiger partial charge in [0.1, 0.15) is 6.04 Å². The summed E-state index contributed by atoms with van der Waals surface area (Å²) in [6.07, 6.45) is 0. The van der Waals surface area contributed by atoms with Crippen LogP contribution in [0.3, 0.4) is 0 Å². The first kappa shape index (κ1) is 22.3. The van der Waals surface area contributed by atoms with Gasteiger partial charge < -0.3 is 20.9 Å². The van der Waals surface area contributed by atoms with Crippen LogP contribution in [-0.4, -0.2) is 34.5 Å².